The molecule has 1 aromatic heterocycles. The summed E-state index contributed by atoms with van der Waals surface area (Å²) < 4.78 is 0. The molecule has 1 atom stereocenters. The first-order valence-electron chi connectivity index (χ1n) is 4.92. The first-order chi connectivity index (χ1) is 6.79. The Morgan fingerprint density at radius 1 is 1.57 bits per heavy atom. The molecular formula is C10H17N3O. The van der Waals surface area contributed by atoms with Gasteiger partial charge in [0.1, 0.15) is 6.33 Å². The summed E-state index contributed by atoms with van der Waals surface area (Å²) in [4.78, 5) is 7.93. The third-order valence-corrected chi connectivity index (χ3v) is 1.92. The average molecular weight is 195 g/mol. The highest BCUT2D eigenvalue weighted by molar-refractivity contribution is 4.96. The predicted molar refractivity (Wildman–Crippen MR) is 54.7 cm³/mol. The van der Waals surface area contributed by atoms with E-state index in [4.69, 9.17) is 5.11 Å². The summed E-state index contributed by atoms with van der Waals surface area (Å²) in [6.07, 6.45) is 4.92. The van der Waals surface area contributed by atoms with Crippen LogP contribution in [0.15, 0.2) is 18.6 Å². The lowest BCUT2D eigenvalue weighted by atomic mass is 10.2. The molecule has 2 N–H and O–H groups in total. The normalized spacial score (nSPS) is 12.7. The van der Waals surface area contributed by atoms with Gasteiger partial charge < -0.3 is 10.4 Å². The Bertz CT molecular complexity index is 238. The molecule has 0 saturated heterocycles. The Morgan fingerprint density at radius 3 is 3.07 bits per heavy atom. The van der Waals surface area contributed by atoms with Crippen LogP contribution in [0.4, 0.5) is 0 Å². The number of hydrogen-bond donors (Lipinski definition) is 2. The smallest absolute Gasteiger partial charge is 0.115 e. The molecule has 0 aliphatic rings. The minimum absolute atomic E-state index is 0.198. The van der Waals surface area contributed by atoms with Crippen molar-refractivity contribution in [3.05, 3.63) is 24.3 Å². The average Bonchev–Trinajstić information content (AvgIpc) is 2.18. The second kappa shape index (κ2) is 6.45. The van der Waals surface area contributed by atoms with Gasteiger partial charge in [0.2, 0.25) is 0 Å². The molecule has 0 aliphatic carbocycles. The van der Waals surface area contributed by atoms with Gasteiger partial charge in [0, 0.05) is 12.7 Å². The Hall–Kier alpha value is -1.00. The van der Waals surface area contributed by atoms with E-state index < -0.39 is 0 Å². The van der Waals surface area contributed by atoms with E-state index in [0.717, 1.165) is 31.6 Å². The molecule has 1 unspecified atom stereocenters. The van der Waals surface area contributed by atoms with Crippen molar-refractivity contribution < 1.29 is 5.11 Å². The number of hydrogen-bond acceptors (Lipinski definition) is 4. The molecule has 14 heavy (non-hydrogen) atoms. The molecule has 1 rings (SSSR count). The molecule has 0 aliphatic heterocycles. The van der Waals surface area contributed by atoms with Crippen molar-refractivity contribution in [1.29, 1.82) is 0 Å². The van der Waals surface area contributed by atoms with Crippen LogP contribution in [0.5, 0.6) is 0 Å². The van der Waals surface area contributed by atoms with Crippen molar-refractivity contribution in [2.75, 3.05) is 6.54 Å². The van der Waals surface area contributed by atoms with E-state index in [9.17, 15) is 0 Å². The summed E-state index contributed by atoms with van der Waals surface area (Å²) in [7, 11) is 0. The highest BCUT2D eigenvalue weighted by atomic mass is 16.3. The summed E-state index contributed by atoms with van der Waals surface area (Å²) in [6, 6.07) is 1.89. The van der Waals surface area contributed by atoms with E-state index in [1.165, 1.54) is 0 Å². The van der Waals surface area contributed by atoms with Crippen molar-refractivity contribution in [3.8, 4) is 0 Å². The summed E-state index contributed by atoms with van der Waals surface area (Å²) >= 11 is 0. The van der Waals surface area contributed by atoms with Gasteiger partial charge in [-0.3, -0.25) is 0 Å². The molecule has 78 valence electrons. The molecule has 0 amide bonds. The van der Waals surface area contributed by atoms with Gasteiger partial charge in [0.05, 0.1) is 11.8 Å². The van der Waals surface area contributed by atoms with Gasteiger partial charge in [-0.25, -0.2) is 9.97 Å². The van der Waals surface area contributed by atoms with Crippen LogP contribution >= 0.6 is 0 Å². The lowest BCUT2D eigenvalue weighted by molar-refractivity contribution is 0.181. The van der Waals surface area contributed by atoms with Crippen LogP contribution in [0.25, 0.3) is 0 Å². The number of nitrogens with one attached hydrogen (secondary N) is 1. The van der Waals surface area contributed by atoms with Crippen molar-refractivity contribution in [2.24, 2.45) is 0 Å². The van der Waals surface area contributed by atoms with Crippen LogP contribution in [0.2, 0.25) is 0 Å². The second-order valence-electron chi connectivity index (χ2n) is 3.37. The summed E-state index contributed by atoms with van der Waals surface area (Å²) in [5.74, 6) is 0. The van der Waals surface area contributed by atoms with Crippen molar-refractivity contribution in [2.45, 2.75) is 32.4 Å². The summed E-state index contributed by atoms with van der Waals surface area (Å²) in [5, 5.41) is 12.3. The van der Waals surface area contributed by atoms with Crippen LogP contribution in [0, 0.1) is 0 Å². The predicted octanol–water partition coefficient (Wildman–Crippen LogP) is 0.727. The number of aliphatic hydroxyl groups excluding tert-OH is 1. The maximum Gasteiger partial charge on any atom is 0.115 e. The zero-order valence-corrected chi connectivity index (χ0v) is 8.48. The van der Waals surface area contributed by atoms with Crippen LogP contribution in [-0.4, -0.2) is 27.7 Å². The fourth-order valence-corrected chi connectivity index (χ4v) is 1.16. The largest absolute Gasteiger partial charge is 0.393 e. The molecule has 4 heteroatoms. The molecule has 1 aromatic rings. The Kier molecular flexibility index (Phi) is 5.11. The minimum atomic E-state index is -0.198. The van der Waals surface area contributed by atoms with E-state index in [-0.39, 0.29) is 6.10 Å². The zero-order chi connectivity index (χ0) is 10.2. The van der Waals surface area contributed by atoms with Crippen LogP contribution in [0.3, 0.4) is 0 Å². The van der Waals surface area contributed by atoms with Crippen LogP contribution < -0.4 is 5.32 Å². The van der Waals surface area contributed by atoms with Crippen molar-refractivity contribution in [3.63, 3.8) is 0 Å². The molecule has 1 heterocycles. The van der Waals surface area contributed by atoms with E-state index in [1.807, 2.05) is 13.0 Å². The van der Waals surface area contributed by atoms with Gasteiger partial charge in [-0.2, -0.15) is 0 Å². The SMILES string of the molecule is CC(O)CCCNCc1ccncn1. The monoisotopic (exact) mass is 195 g/mol. The summed E-state index contributed by atoms with van der Waals surface area (Å²) in [6.45, 7) is 3.49. The van der Waals surface area contributed by atoms with E-state index in [2.05, 4.69) is 15.3 Å². The van der Waals surface area contributed by atoms with E-state index >= 15 is 0 Å². The molecule has 4 nitrogen and oxygen atoms in total. The molecular weight excluding hydrogens is 178 g/mol. The number of aliphatic hydroxyl groups is 1. The fraction of sp³-hybridized carbons (Fsp3) is 0.600. The lowest BCUT2D eigenvalue weighted by Crippen LogP contribution is -2.16. The standard InChI is InChI=1S/C10H17N3O/c1-9(14)3-2-5-11-7-10-4-6-12-8-13-10/h4,6,8-9,11,14H,2-3,5,7H2,1H3. The van der Waals surface area contributed by atoms with Gasteiger partial charge in [-0.15, -0.1) is 0 Å². The first kappa shape index (κ1) is 11.1. The maximum absolute atomic E-state index is 9.02. The van der Waals surface area contributed by atoms with Crippen LogP contribution in [0.1, 0.15) is 25.5 Å². The maximum atomic E-state index is 9.02. The molecule has 0 saturated carbocycles. The Labute approximate surface area is 84.4 Å². The third-order valence-electron chi connectivity index (χ3n) is 1.92. The van der Waals surface area contributed by atoms with Gasteiger partial charge in [-0.05, 0) is 32.4 Å². The summed E-state index contributed by atoms with van der Waals surface area (Å²) in [5.41, 5.74) is 0.997. The number of rotatable bonds is 6. The minimum Gasteiger partial charge on any atom is -0.393 e. The van der Waals surface area contributed by atoms with E-state index in [0.29, 0.717) is 0 Å². The highest BCUT2D eigenvalue weighted by Gasteiger charge is 1.95. The quantitative estimate of drug-likeness (QED) is 0.657. The first-order valence-corrected chi connectivity index (χ1v) is 4.92. The second-order valence-corrected chi connectivity index (χ2v) is 3.37. The molecule has 0 radical (unpaired) electrons. The van der Waals surface area contributed by atoms with E-state index in [1.54, 1.807) is 12.5 Å². The molecule has 0 fully saturated rings. The molecule has 0 aromatic carbocycles. The van der Waals surface area contributed by atoms with Gasteiger partial charge in [0.25, 0.3) is 0 Å². The molecule has 0 spiro atoms. The third kappa shape index (κ3) is 4.89. The number of nitrogens with zero attached hydrogens (tertiary/aromatic N) is 2. The Balaban J connectivity index is 2.05. The zero-order valence-electron chi connectivity index (χ0n) is 8.48. The lowest BCUT2D eigenvalue weighted by Gasteiger charge is -2.05. The van der Waals surface area contributed by atoms with Crippen LogP contribution in [-0.2, 0) is 6.54 Å². The van der Waals surface area contributed by atoms with Gasteiger partial charge in [-0.1, -0.05) is 0 Å². The fourth-order valence-electron chi connectivity index (χ4n) is 1.16. The number of aromatic nitrogens is 2. The molecule has 0 bridgehead atoms. The van der Waals surface area contributed by atoms with Crippen molar-refractivity contribution in [1.82, 2.24) is 15.3 Å². The van der Waals surface area contributed by atoms with Gasteiger partial charge in [0.15, 0.2) is 0 Å². The highest BCUT2D eigenvalue weighted by Crippen LogP contribution is 1.94. The Morgan fingerprint density at radius 2 is 2.43 bits per heavy atom. The van der Waals surface area contributed by atoms with Crippen molar-refractivity contribution >= 4 is 0 Å². The topological polar surface area (TPSA) is 58.0 Å². The van der Waals surface area contributed by atoms with Gasteiger partial charge >= 0.3 is 0 Å².